The Morgan fingerprint density at radius 3 is 2.42 bits per heavy atom. The number of nitrogens with one attached hydrogen (secondary N) is 1. The molecular formula is C16H29NO9. The maximum absolute atomic E-state index is 11.6. The summed E-state index contributed by atoms with van der Waals surface area (Å²) in [6.45, 7) is 3.06. The Balaban J connectivity index is 2.21. The molecule has 0 aromatic heterocycles. The second-order valence-corrected chi connectivity index (χ2v) is 6.63. The zero-order valence-electron chi connectivity index (χ0n) is 15.4. The summed E-state index contributed by atoms with van der Waals surface area (Å²) in [5.74, 6) is -0.361. The molecule has 152 valence electrons. The number of hydrogen-bond donors (Lipinski definition) is 4. The van der Waals surface area contributed by atoms with Crippen LogP contribution in [-0.4, -0.2) is 97.3 Å². The molecule has 0 spiro atoms. The van der Waals surface area contributed by atoms with Crippen molar-refractivity contribution in [2.75, 3.05) is 20.8 Å². The van der Waals surface area contributed by atoms with Gasteiger partial charge in [-0.1, -0.05) is 0 Å². The van der Waals surface area contributed by atoms with Gasteiger partial charge in [0, 0.05) is 27.6 Å². The number of aliphatic hydroxyl groups excluding tert-OH is 3. The van der Waals surface area contributed by atoms with E-state index in [1.807, 2.05) is 0 Å². The third-order valence-electron chi connectivity index (χ3n) is 4.59. The van der Waals surface area contributed by atoms with E-state index < -0.39 is 55.2 Å². The molecule has 2 saturated heterocycles. The van der Waals surface area contributed by atoms with Crippen LogP contribution in [0.2, 0.25) is 0 Å². The SMILES string of the molecule is COC[C@H]1O[C@@H](OC)[C@H](NC(C)=O)[C@@H](O[C@@H]2O[C@H](C)[C@@H](O)C[C@@H]2O)[C@H]1O. The molecule has 0 bridgehead atoms. The standard InChI is InChI=1S/C16H29NO9/c1-7-9(19)5-10(20)15(24-7)26-14-12(17-8(2)18)16(23-4)25-11(6-22-3)13(14)21/h7,9-16,19-21H,5-6H2,1-4H3,(H,17,18)/t7-,9+,10+,11-,12-,13+,14-,15+,16-/m1/s1. The van der Waals surface area contributed by atoms with Crippen molar-refractivity contribution < 1.29 is 43.8 Å². The highest BCUT2D eigenvalue weighted by atomic mass is 16.7. The summed E-state index contributed by atoms with van der Waals surface area (Å²) >= 11 is 0. The monoisotopic (exact) mass is 379 g/mol. The fourth-order valence-electron chi connectivity index (χ4n) is 3.19. The smallest absolute Gasteiger partial charge is 0.217 e. The van der Waals surface area contributed by atoms with Gasteiger partial charge in [-0.15, -0.1) is 0 Å². The number of aliphatic hydroxyl groups is 3. The molecular weight excluding hydrogens is 350 g/mol. The molecule has 26 heavy (non-hydrogen) atoms. The summed E-state index contributed by atoms with van der Waals surface area (Å²) in [7, 11) is 2.87. The lowest BCUT2D eigenvalue weighted by molar-refractivity contribution is -0.325. The van der Waals surface area contributed by atoms with Crippen molar-refractivity contribution in [2.45, 2.75) is 75.5 Å². The normalized spacial score (nSPS) is 43.9. The van der Waals surface area contributed by atoms with E-state index in [1.54, 1.807) is 6.92 Å². The third kappa shape index (κ3) is 4.90. The molecule has 0 aromatic rings. The predicted octanol–water partition coefficient (Wildman–Crippen LogP) is -1.89. The topological polar surface area (TPSA) is 136 Å². The molecule has 4 N–H and O–H groups in total. The lowest BCUT2D eigenvalue weighted by Crippen LogP contribution is -2.66. The average molecular weight is 379 g/mol. The number of hydrogen-bond acceptors (Lipinski definition) is 9. The molecule has 10 nitrogen and oxygen atoms in total. The molecule has 9 atom stereocenters. The minimum absolute atomic E-state index is 0.0746. The van der Waals surface area contributed by atoms with Crippen LogP contribution in [0.25, 0.3) is 0 Å². The number of amides is 1. The minimum Gasteiger partial charge on any atom is -0.390 e. The number of carbonyl (C=O) groups excluding carboxylic acids is 1. The van der Waals surface area contributed by atoms with Crippen molar-refractivity contribution in [1.29, 1.82) is 0 Å². The van der Waals surface area contributed by atoms with E-state index >= 15 is 0 Å². The zero-order chi connectivity index (χ0) is 19.4. The van der Waals surface area contributed by atoms with E-state index in [0.29, 0.717) is 0 Å². The van der Waals surface area contributed by atoms with Crippen LogP contribution < -0.4 is 5.32 Å². The van der Waals surface area contributed by atoms with Crippen LogP contribution in [0.1, 0.15) is 20.3 Å². The van der Waals surface area contributed by atoms with Crippen molar-refractivity contribution in [2.24, 2.45) is 0 Å². The predicted molar refractivity (Wildman–Crippen MR) is 87.0 cm³/mol. The van der Waals surface area contributed by atoms with Crippen LogP contribution in [-0.2, 0) is 28.5 Å². The van der Waals surface area contributed by atoms with E-state index in [9.17, 15) is 20.1 Å². The number of methoxy groups -OCH3 is 2. The first kappa shape index (κ1) is 21.5. The van der Waals surface area contributed by atoms with E-state index in [0.717, 1.165) is 0 Å². The van der Waals surface area contributed by atoms with E-state index in [4.69, 9.17) is 23.7 Å². The zero-order valence-corrected chi connectivity index (χ0v) is 15.4. The van der Waals surface area contributed by atoms with Gasteiger partial charge in [-0.3, -0.25) is 4.79 Å². The Hall–Kier alpha value is -0.850. The van der Waals surface area contributed by atoms with Crippen molar-refractivity contribution in [3.63, 3.8) is 0 Å². The Morgan fingerprint density at radius 2 is 1.85 bits per heavy atom. The van der Waals surface area contributed by atoms with Crippen LogP contribution in [0, 0.1) is 0 Å². The molecule has 10 heteroatoms. The molecule has 2 rings (SSSR count). The van der Waals surface area contributed by atoms with Gasteiger partial charge in [0.25, 0.3) is 0 Å². The van der Waals surface area contributed by atoms with Crippen molar-refractivity contribution in [3.05, 3.63) is 0 Å². The maximum Gasteiger partial charge on any atom is 0.217 e. The second kappa shape index (κ2) is 9.38. The summed E-state index contributed by atoms with van der Waals surface area (Å²) in [5.41, 5.74) is 0. The molecule has 1 amide bonds. The summed E-state index contributed by atoms with van der Waals surface area (Å²) < 4.78 is 27.3. The second-order valence-electron chi connectivity index (χ2n) is 6.63. The quantitative estimate of drug-likeness (QED) is 0.418. The summed E-state index contributed by atoms with van der Waals surface area (Å²) in [4.78, 5) is 11.6. The molecule has 0 aromatic carbocycles. The van der Waals surface area contributed by atoms with Crippen LogP contribution in [0.15, 0.2) is 0 Å². The minimum atomic E-state index is -1.17. The van der Waals surface area contributed by atoms with Gasteiger partial charge in [-0.25, -0.2) is 0 Å². The van der Waals surface area contributed by atoms with Crippen molar-refractivity contribution in [1.82, 2.24) is 5.32 Å². The fourth-order valence-corrected chi connectivity index (χ4v) is 3.19. The van der Waals surface area contributed by atoms with Gasteiger partial charge in [-0.05, 0) is 6.92 Å². The molecule has 2 heterocycles. The maximum atomic E-state index is 11.6. The molecule has 2 aliphatic heterocycles. The fraction of sp³-hybridized carbons (Fsp3) is 0.938. The largest absolute Gasteiger partial charge is 0.390 e. The third-order valence-corrected chi connectivity index (χ3v) is 4.59. The number of ether oxygens (including phenoxy) is 5. The molecule has 0 aliphatic carbocycles. The Morgan fingerprint density at radius 1 is 1.15 bits per heavy atom. The number of carbonyl (C=O) groups is 1. The van der Waals surface area contributed by atoms with Crippen LogP contribution >= 0.6 is 0 Å². The van der Waals surface area contributed by atoms with Crippen molar-refractivity contribution in [3.8, 4) is 0 Å². The van der Waals surface area contributed by atoms with Gasteiger partial charge in [0.2, 0.25) is 5.91 Å². The average Bonchev–Trinajstić information content (AvgIpc) is 2.57. The molecule has 0 saturated carbocycles. The molecule has 2 aliphatic rings. The first-order valence-electron chi connectivity index (χ1n) is 8.57. The summed E-state index contributed by atoms with van der Waals surface area (Å²) in [6, 6.07) is -0.835. The summed E-state index contributed by atoms with van der Waals surface area (Å²) in [6.07, 6.45) is -7.27. The van der Waals surface area contributed by atoms with Crippen LogP contribution in [0.3, 0.4) is 0 Å². The van der Waals surface area contributed by atoms with Crippen LogP contribution in [0.4, 0.5) is 0 Å². The van der Waals surface area contributed by atoms with Gasteiger partial charge in [0.15, 0.2) is 12.6 Å². The number of rotatable bonds is 6. The first-order valence-corrected chi connectivity index (χ1v) is 8.57. The van der Waals surface area contributed by atoms with Crippen LogP contribution in [0.5, 0.6) is 0 Å². The van der Waals surface area contributed by atoms with E-state index in [2.05, 4.69) is 5.32 Å². The van der Waals surface area contributed by atoms with Gasteiger partial charge in [0.1, 0.15) is 30.5 Å². The van der Waals surface area contributed by atoms with Crippen molar-refractivity contribution >= 4 is 5.91 Å². The van der Waals surface area contributed by atoms with Gasteiger partial charge in [-0.2, -0.15) is 0 Å². The Bertz CT molecular complexity index is 465. The lowest BCUT2D eigenvalue weighted by atomic mass is 9.96. The highest BCUT2D eigenvalue weighted by molar-refractivity contribution is 5.73. The molecule has 2 fully saturated rings. The van der Waals surface area contributed by atoms with Gasteiger partial charge >= 0.3 is 0 Å². The van der Waals surface area contributed by atoms with E-state index in [-0.39, 0.29) is 18.9 Å². The molecule has 0 unspecified atom stereocenters. The van der Waals surface area contributed by atoms with Gasteiger partial charge in [0.05, 0.1) is 18.8 Å². The molecule has 0 radical (unpaired) electrons. The lowest BCUT2D eigenvalue weighted by Gasteiger charge is -2.46. The summed E-state index contributed by atoms with van der Waals surface area (Å²) in [5, 5.41) is 33.3. The van der Waals surface area contributed by atoms with Gasteiger partial charge < -0.3 is 44.3 Å². The highest BCUT2D eigenvalue weighted by Crippen LogP contribution is 2.29. The highest BCUT2D eigenvalue weighted by Gasteiger charge is 2.49. The first-order chi connectivity index (χ1) is 12.3. The van der Waals surface area contributed by atoms with E-state index in [1.165, 1.54) is 21.1 Å². The Kier molecular flexibility index (Phi) is 7.74. The Labute approximate surface area is 152 Å².